The van der Waals surface area contributed by atoms with Crippen molar-refractivity contribution in [2.24, 2.45) is 0 Å². The van der Waals surface area contributed by atoms with Crippen molar-refractivity contribution >= 4 is 11.9 Å². The number of anilines is 1. The number of aliphatic carboxylic acids is 1. The van der Waals surface area contributed by atoms with Crippen molar-refractivity contribution in [1.82, 2.24) is 9.97 Å². The third-order valence-corrected chi connectivity index (χ3v) is 3.07. The van der Waals surface area contributed by atoms with Crippen molar-refractivity contribution in [3.8, 4) is 11.3 Å². The van der Waals surface area contributed by atoms with Crippen molar-refractivity contribution in [3.63, 3.8) is 0 Å². The van der Waals surface area contributed by atoms with Crippen molar-refractivity contribution in [3.05, 3.63) is 41.6 Å². The molecule has 0 bridgehead atoms. The molecule has 0 saturated carbocycles. The number of aromatic nitrogens is 2. The second-order valence-corrected chi connectivity index (χ2v) is 5.05. The molecule has 0 aliphatic carbocycles. The molecule has 122 valence electrons. The molecule has 1 N–H and O–H groups in total. The zero-order chi connectivity index (χ0) is 17.2. The van der Waals surface area contributed by atoms with Gasteiger partial charge in [-0.25, -0.2) is 9.97 Å². The Kier molecular flexibility index (Phi) is 4.53. The van der Waals surface area contributed by atoms with Crippen LogP contribution >= 0.6 is 0 Å². The average molecular weight is 325 g/mol. The molecular weight excluding hydrogens is 311 g/mol. The molecule has 0 aliphatic rings. The summed E-state index contributed by atoms with van der Waals surface area (Å²) in [5.74, 6) is -1.48. The number of likely N-dealkylation sites (N-methyl/N-ethyl adjacent to an activating group) is 1. The predicted molar refractivity (Wildman–Crippen MR) is 78.1 cm³/mol. The summed E-state index contributed by atoms with van der Waals surface area (Å²) < 4.78 is 39.1. The summed E-state index contributed by atoms with van der Waals surface area (Å²) in [5.41, 5.74) is 0.422. The number of hydrogen-bond donors (Lipinski definition) is 1. The lowest BCUT2D eigenvalue weighted by Crippen LogP contribution is -2.28. The molecule has 1 heterocycles. The van der Waals surface area contributed by atoms with Gasteiger partial charge in [0.25, 0.3) is 0 Å². The number of hydrogen-bond acceptors (Lipinski definition) is 4. The van der Waals surface area contributed by atoms with Crippen LogP contribution in [0.4, 0.5) is 19.1 Å². The number of rotatable bonds is 4. The Morgan fingerprint density at radius 2 is 1.83 bits per heavy atom. The van der Waals surface area contributed by atoms with Gasteiger partial charge in [-0.3, -0.25) is 4.79 Å². The minimum absolute atomic E-state index is 0.0829. The van der Waals surface area contributed by atoms with Crippen molar-refractivity contribution in [2.45, 2.75) is 13.1 Å². The first kappa shape index (κ1) is 16.7. The summed E-state index contributed by atoms with van der Waals surface area (Å²) in [5, 5.41) is 8.77. The number of halogens is 3. The number of aryl methyl sites for hydroxylation is 1. The molecule has 1 aromatic carbocycles. The SMILES string of the molecule is Cc1ccc(-c2cc(C(F)(F)F)nc(N(C)CC(=O)O)n2)cc1. The Morgan fingerprint density at radius 3 is 2.35 bits per heavy atom. The van der Waals surface area contributed by atoms with Crippen LogP contribution in [0.2, 0.25) is 0 Å². The van der Waals surface area contributed by atoms with Gasteiger partial charge in [0.15, 0.2) is 5.69 Å². The van der Waals surface area contributed by atoms with Crippen LogP contribution in [0, 0.1) is 6.92 Å². The zero-order valence-corrected chi connectivity index (χ0v) is 12.4. The summed E-state index contributed by atoms with van der Waals surface area (Å²) >= 11 is 0. The summed E-state index contributed by atoms with van der Waals surface area (Å²) in [6, 6.07) is 7.66. The van der Waals surface area contributed by atoms with Gasteiger partial charge in [-0.2, -0.15) is 13.2 Å². The molecule has 2 rings (SSSR count). The molecule has 8 heteroatoms. The highest BCUT2D eigenvalue weighted by Crippen LogP contribution is 2.31. The van der Waals surface area contributed by atoms with Crippen LogP contribution in [0.25, 0.3) is 11.3 Å². The molecule has 0 unspecified atom stereocenters. The van der Waals surface area contributed by atoms with E-state index >= 15 is 0 Å². The van der Waals surface area contributed by atoms with Crippen LogP contribution in [0.15, 0.2) is 30.3 Å². The lowest BCUT2D eigenvalue weighted by atomic mass is 10.1. The van der Waals surface area contributed by atoms with E-state index in [0.29, 0.717) is 5.56 Å². The van der Waals surface area contributed by atoms with Gasteiger partial charge < -0.3 is 10.0 Å². The molecule has 5 nitrogen and oxygen atoms in total. The van der Waals surface area contributed by atoms with Gasteiger partial charge in [0.05, 0.1) is 5.69 Å². The maximum Gasteiger partial charge on any atom is 0.433 e. The highest BCUT2D eigenvalue weighted by atomic mass is 19.4. The van der Waals surface area contributed by atoms with E-state index in [-0.39, 0.29) is 11.6 Å². The smallest absolute Gasteiger partial charge is 0.433 e. The van der Waals surface area contributed by atoms with Gasteiger partial charge >= 0.3 is 12.1 Å². The Labute approximate surface area is 130 Å². The molecule has 0 saturated heterocycles. The molecule has 2 aromatic rings. The first-order chi connectivity index (χ1) is 10.7. The number of carboxylic acid groups (broad SMARTS) is 1. The standard InChI is InChI=1S/C15H14F3N3O2/c1-9-3-5-10(6-4-9)11-7-12(15(16,17)18)20-14(19-11)21(2)8-13(22)23/h3-7H,8H2,1-2H3,(H,22,23). The fraction of sp³-hybridized carbons (Fsp3) is 0.267. The molecule has 1 aromatic heterocycles. The lowest BCUT2D eigenvalue weighted by molar-refractivity contribution is -0.141. The van der Waals surface area contributed by atoms with E-state index < -0.39 is 24.4 Å². The van der Waals surface area contributed by atoms with Crippen LogP contribution in [0.3, 0.4) is 0 Å². The summed E-state index contributed by atoms with van der Waals surface area (Å²) in [6.07, 6.45) is -4.65. The Bertz CT molecular complexity index is 715. The van der Waals surface area contributed by atoms with E-state index in [2.05, 4.69) is 9.97 Å². The first-order valence-corrected chi connectivity index (χ1v) is 6.63. The number of nitrogens with zero attached hydrogens (tertiary/aromatic N) is 3. The lowest BCUT2D eigenvalue weighted by Gasteiger charge is -2.17. The normalized spacial score (nSPS) is 11.3. The Morgan fingerprint density at radius 1 is 1.22 bits per heavy atom. The number of carboxylic acids is 1. The summed E-state index contributed by atoms with van der Waals surface area (Å²) in [6.45, 7) is 1.35. The Hall–Kier alpha value is -2.64. The van der Waals surface area contributed by atoms with Gasteiger partial charge in [-0.1, -0.05) is 29.8 Å². The van der Waals surface area contributed by atoms with Gasteiger partial charge in [0.2, 0.25) is 5.95 Å². The quantitative estimate of drug-likeness (QED) is 0.936. The largest absolute Gasteiger partial charge is 0.480 e. The van der Waals surface area contributed by atoms with E-state index in [1.165, 1.54) is 7.05 Å². The topological polar surface area (TPSA) is 66.3 Å². The predicted octanol–water partition coefficient (Wildman–Crippen LogP) is 2.99. The minimum Gasteiger partial charge on any atom is -0.480 e. The second-order valence-electron chi connectivity index (χ2n) is 5.05. The Balaban J connectivity index is 2.53. The second kappa shape index (κ2) is 6.23. The van der Waals surface area contributed by atoms with Crippen LogP contribution in [0.5, 0.6) is 0 Å². The highest BCUT2D eigenvalue weighted by Gasteiger charge is 2.34. The van der Waals surface area contributed by atoms with Crippen LogP contribution in [-0.2, 0) is 11.0 Å². The fourth-order valence-electron chi connectivity index (χ4n) is 1.90. The van der Waals surface area contributed by atoms with Gasteiger partial charge in [-0.05, 0) is 13.0 Å². The molecule has 0 fully saturated rings. The van der Waals surface area contributed by atoms with Crippen LogP contribution < -0.4 is 4.90 Å². The highest BCUT2D eigenvalue weighted by molar-refractivity contribution is 5.73. The molecular formula is C15H14F3N3O2. The minimum atomic E-state index is -4.65. The molecule has 0 amide bonds. The zero-order valence-electron chi connectivity index (χ0n) is 12.4. The van der Waals surface area contributed by atoms with E-state index in [4.69, 9.17) is 5.11 Å². The maximum absolute atomic E-state index is 13.0. The summed E-state index contributed by atoms with van der Waals surface area (Å²) in [7, 11) is 1.32. The van der Waals surface area contributed by atoms with E-state index in [1.54, 1.807) is 24.3 Å². The molecule has 0 radical (unpaired) electrons. The van der Waals surface area contributed by atoms with E-state index in [1.807, 2.05) is 6.92 Å². The number of benzene rings is 1. The molecule has 0 spiro atoms. The average Bonchev–Trinajstić information content (AvgIpc) is 2.46. The fourth-order valence-corrected chi connectivity index (χ4v) is 1.90. The number of alkyl halides is 3. The molecule has 0 aliphatic heterocycles. The monoisotopic (exact) mass is 325 g/mol. The first-order valence-electron chi connectivity index (χ1n) is 6.63. The van der Waals surface area contributed by atoms with Crippen molar-refractivity contribution in [2.75, 3.05) is 18.5 Å². The van der Waals surface area contributed by atoms with Gasteiger partial charge in [-0.15, -0.1) is 0 Å². The van der Waals surface area contributed by atoms with E-state index in [0.717, 1.165) is 16.5 Å². The van der Waals surface area contributed by atoms with Gasteiger partial charge in [0.1, 0.15) is 6.54 Å². The van der Waals surface area contributed by atoms with Crippen LogP contribution in [-0.4, -0.2) is 34.6 Å². The van der Waals surface area contributed by atoms with Crippen LogP contribution in [0.1, 0.15) is 11.3 Å². The van der Waals surface area contributed by atoms with E-state index in [9.17, 15) is 18.0 Å². The maximum atomic E-state index is 13.0. The third-order valence-electron chi connectivity index (χ3n) is 3.07. The van der Waals surface area contributed by atoms with Crippen molar-refractivity contribution in [1.29, 1.82) is 0 Å². The van der Waals surface area contributed by atoms with Gasteiger partial charge in [0, 0.05) is 12.6 Å². The third kappa shape index (κ3) is 4.18. The number of carbonyl (C=O) groups is 1. The summed E-state index contributed by atoms with van der Waals surface area (Å²) in [4.78, 5) is 19.3. The van der Waals surface area contributed by atoms with Crippen molar-refractivity contribution < 1.29 is 23.1 Å². The molecule has 0 atom stereocenters. The molecule has 23 heavy (non-hydrogen) atoms.